The number of carbonyl (C=O) groups excluding carboxylic acids is 4. The van der Waals surface area contributed by atoms with E-state index in [0.717, 1.165) is 36.1 Å². The van der Waals surface area contributed by atoms with Crippen LogP contribution in [0.4, 0.5) is 0 Å². The molecule has 0 bridgehead atoms. The Morgan fingerprint density at radius 2 is 1.86 bits per heavy atom. The van der Waals surface area contributed by atoms with E-state index in [0.29, 0.717) is 11.1 Å². The Bertz CT molecular complexity index is 802. The lowest BCUT2D eigenvalue weighted by atomic mass is 9.86. The van der Waals surface area contributed by atoms with E-state index in [2.05, 4.69) is 19.2 Å². The molecule has 3 rings (SSSR count). The molecule has 2 unspecified atom stereocenters. The summed E-state index contributed by atoms with van der Waals surface area (Å²) in [6, 6.07) is 4.51. The van der Waals surface area contributed by atoms with Crippen LogP contribution in [0.3, 0.4) is 0 Å². The molecule has 1 saturated heterocycles. The lowest BCUT2D eigenvalue weighted by Crippen LogP contribution is -2.54. The normalized spacial score (nSPS) is 20.4. The molecule has 6 nitrogen and oxygen atoms in total. The number of amides is 4. The maximum absolute atomic E-state index is 13.2. The van der Waals surface area contributed by atoms with Crippen molar-refractivity contribution in [3.63, 3.8) is 0 Å². The second-order valence-corrected chi connectivity index (χ2v) is 7.67. The number of imide groups is 2. The van der Waals surface area contributed by atoms with Crippen molar-refractivity contribution in [3.8, 4) is 0 Å². The van der Waals surface area contributed by atoms with Gasteiger partial charge in [-0.05, 0) is 36.8 Å². The quantitative estimate of drug-likeness (QED) is 0.549. The maximum atomic E-state index is 13.2. The fraction of sp³-hybridized carbons (Fsp3) is 0.545. The zero-order valence-electron chi connectivity index (χ0n) is 16.6. The molecule has 1 N–H and O–H groups in total. The summed E-state index contributed by atoms with van der Waals surface area (Å²) in [5.41, 5.74) is 1.73. The number of unbranched alkanes of at least 4 members (excludes halogenated alkanes) is 3. The summed E-state index contributed by atoms with van der Waals surface area (Å²) in [6.45, 7) is 4.28. The highest BCUT2D eigenvalue weighted by Crippen LogP contribution is 2.36. The summed E-state index contributed by atoms with van der Waals surface area (Å²) >= 11 is 0. The van der Waals surface area contributed by atoms with Crippen LogP contribution in [0.2, 0.25) is 0 Å². The van der Waals surface area contributed by atoms with Gasteiger partial charge in [0.25, 0.3) is 11.8 Å². The molecule has 0 aromatic heterocycles. The van der Waals surface area contributed by atoms with Crippen LogP contribution >= 0.6 is 0 Å². The second kappa shape index (κ2) is 8.67. The van der Waals surface area contributed by atoms with Gasteiger partial charge in [-0.1, -0.05) is 51.7 Å². The molecule has 4 amide bonds. The highest BCUT2D eigenvalue weighted by Gasteiger charge is 2.45. The molecule has 28 heavy (non-hydrogen) atoms. The Balaban J connectivity index is 1.87. The van der Waals surface area contributed by atoms with Crippen molar-refractivity contribution in [2.45, 2.75) is 77.2 Å². The smallest absolute Gasteiger partial charge is 0.262 e. The van der Waals surface area contributed by atoms with Gasteiger partial charge in [-0.15, -0.1) is 0 Å². The zero-order chi connectivity index (χ0) is 20.3. The highest BCUT2D eigenvalue weighted by atomic mass is 16.2. The number of rotatable bonds is 8. The van der Waals surface area contributed by atoms with E-state index in [9.17, 15) is 19.2 Å². The van der Waals surface area contributed by atoms with Crippen molar-refractivity contribution >= 4 is 23.6 Å². The molecule has 1 fully saturated rings. The third kappa shape index (κ3) is 3.73. The predicted molar refractivity (Wildman–Crippen MR) is 105 cm³/mol. The van der Waals surface area contributed by atoms with Gasteiger partial charge >= 0.3 is 0 Å². The largest absolute Gasteiger partial charge is 0.295 e. The molecule has 2 atom stereocenters. The Morgan fingerprint density at radius 1 is 1.07 bits per heavy atom. The van der Waals surface area contributed by atoms with E-state index in [1.807, 2.05) is 12.1 Å². The predicted octanol–water partition coefficient (Wildman–Crippen LogP) is 3.55. The summed E-state index contributed by atoms with van der Waals surface area (Å²) < 4.78 is 0. The third-order valence-electron chi connectivity index (χ3n) is 5.84. The molecular formula is C22H28N2O4. The van der Waals surface area contributed by atoms with Gasteiger partial charge in [0.1, 0.15) is 6.04 Å². The average Bonchev–Trinajstić information content (AvgIpc) is 2.93. The van der Waals surface area contributed by atoms with Crippen LogP contribution in [0.1, 0.15) is 97.4 Å². The van der Waals surface area contributed by atoms with Crippen LogP contribution in [-0.2, 0) is 9.59 Å². The van der Waals surface area contributed by atoms with Crippen LogP contribution in [0.5, 0.6) is 0 Å². The number of fused-ring (bicyclic) bond motifs is 1. The Labute approximate surface area is 165 Å². The number of carbonyl (C=O) groups is 4. The van der Waals surface area contributed by atoms with Crippen molar-refractivity contribution in [3.05, 3.63) is 34.9 Å². The third-order valence-corrected chi connectivity index (χ3v) is 5.84. The summed E-state index contributed by atoms with van der Waals surface area (Å²) in [6.07, 6.45) is 6.81. The number of benzene rings is 1. The number of hydrogen-bond donors (Lipinski definition) is 1. The van der Waals surface area contributed by atoms with Gasteiger partial charge in [-0.25, -0.2) is 0 Å². The number of nitrogens with zero attached hydrogens (tertiary/aromatic N) is 1. The summed E-state index contributed by atoms with van der Waals surface area (Å²) in [4.78, 5) is 50.8. The summed E-state index contributed by atoms with van der Waals surface area (Å²) in [5.74, 6) is -1.56. The molecule has 0 saturated carbocycles. The van der Waals surface area contributed by atoms with E-state index in [-0.39, 0.29) is 24.7 Å². The first-order chi connectivity index (χ1) is 13.5. The van der Waals surface area contributed by atoms with Crippen molar-refractivity contribution in [2.24, 2.45) is 0 Å². The minimum Gasteiger partial charge on any atom is -0.295 e. The minimum atomic E-state index is -0.914. The molecule has 0 spiro atoms. The van der Waals surface area contributed by atoms with Gasteiger partial charge in [0.05, 0.1) is 11.1 Å². The van der Waals surface area contributed by atoms with Gasteiger partial charge in [0.15, 0.2) is 0 Å². The van der Waals surface area contributed by atoms with E-state index in [4.69, 9.17) is 0 Å². The van der Waals surface area contributed by atoms with E-state index < -0.39 is 23.8 Å². The maximum Gasteiger partial charge on any atom is 0.262 e. The van der Waals surface area contributed by atoms with Crippen LogP contribution < -0.4 is 5.32 Å². The van der Waals surface area contributed by atoms with Crippen molar-refractivity contribution in [1.29, 1.82) is 0 Å². The summed E-state index contributed by atoms with van der Waals surface area (Å²) in [5, 5.41) is 2.24. The number of hydrogen-bond acceptors (Lipinski definition) is 4. The second-order valence-electron chi connectivity index (χ2n) is 7.67. The first kappa shape index (κ1) is 20.2. The van der Waals surface area contributed by atoms with Crippen LogP contribution in [0.15, 0.2) is 18.2 Å². The van der Waals surface area contributed by atoms with Crippen molar-refractivity contribution in [1.82, 2.24) is 10.2 Å². The SMILES string of the molecule is CCCCCCC(CC)c1cccc2c1C(=O)N(C1CCC(=O)NC1=O)C2=O. The van der Waals surface area contributed by atoms with E-state index in [1.54, 1.807) is 6.07 Å². The number of nitrogens with one attached hydrogen (secondary N) is 1. The highest BCUT2D eigenvalue weighted by molar-refractivity contribution is 6.24. The molecule has 0 radical (unpaired) electrons. The minimum absolute atomic E-state index is 0.131. The monoisotopic (exact) mass is 384 g/mol. The standard InChI is InChI=1S/C22H28N2O4/c1-3-5-6-7-9-14(4-2)15-10-8-11-16-19(15)22(28)24(21(16)27)17-12-13-18(25)23-20(17)26/h8,10-11,14,17H,3-7,9,12-13H2,1-2H3,(H,23,25,26). The van der Waals surface area contributed by atoms with Gasteiger partial charge in [-0.3, -0.25) is 29.4 Å². The first-order valence-corrected chi connectivity index (χ1v) is 10.3. The van der Waals surface area contributed by atoms with Gasteiger partial charge in [0.2, 0.25) is 11.8 Å². The van der Waals surface area contributed by atoms with E-state index in [1.165, 1.54) is 12.8 Å². The topological polar surface area (TPSA) is 83.6 Å². The summed E-state index contributed by atoms with van der Waals surface area (Å²) in [7, 11) is 0. The molecule has 1 aromatic carbocycles. The van der Waals surface area contributed by atoms with Crippen LogP contribution in [0, 0.1) is 0 Å². The number of piperidine rings is 1. The Kier molecular flexibility index (Phi) is 6.27. The molecule has 2 aliphatic rings. The zero-order valence-corrected chi connectivity index (χ0v) is 16.6. The molecular weight excluding hydrogens is 356 g/mol. The average molecular weight is 384 g/mol. The van der Waals surface area contributed by atoms with E-state index >= 15 is 0 Å². The molecule has 150 valence electrons. The lowest BCUT2D eigenvalue weighted by molar-refractivity contribution is -0.136. The fourth-order valence-electron chi connectivity index (χ4n) is 4.28. The first-order valence-electron chi connectivity index (χ1n) is 10.3. The Hall–Kier alpha value is -2.50. The fourth-order valence-corrected chi connectivity index (χ4v) is 4.28. The molecule has 1 aromatic rings. The lowest BCUT2D eigenvalue weighted by Gasteiger charge is -2.28. The van der Waals surface area contributed by atoms with Crippen LogP contribution in [-0.4, -0.2) is 34.6 Å². The van der Waals surface area contributed by atoms with Gasteiger partial charge < -0.3 is 0 Å². The molecule has 2 heterocycles. The van der Waals surface area contributed by atoms with Crippen LogP contribution in [0.25, 0.3) is 0 Å². The molecule has 0 aliphatic carbocycles. The molecule has 2 aliphatic heterocycles. The van der Waals surface area contributed by atoms with Gasteiger partial charge in [-0.2, -0.15) is 0 Å². The van der Waals surface area contributed by atoms with Crippen molar-refractivity contribution < 1.29 is 19.2 Å². The molecule has 6 heteroatoms. The van der Waals surface area contributed by atoms with Crippen molar-refractivity contribution in [2.75, 3.05) is 0 Å². The Morgan fingerprint density at radius 3 is 2.54 bits per heavy atom. The van der Waals surface area contributed by atoms with Gasteiger partial charge in [0, 0.05) is 6.42 Å².